The molecule has 1 aromatic rings. The molecule has 1 aromatic carbocycles. The van der Waals surface area contributed by atoms with Gasteiger partial charge in [-0.05, 0) is 26.0 Å². The van der Waals surface area contributed by atoms with Crippen LogP contribution >= 0.6 is 0 Å². The number of para-hydroxylation sites is 1. The predicted octanol–water partition coefficient (Wildman–Crippen LogP) is 3.87. The smallest absolute Gasteiger partial charge is 0.381 e. The maximum Gasteiger partial charge on any atom is 0.418 e. The van der Waals surface area contributed by atoms with Crippen LogP contribution < -0.4 is 5.32 Å². The minimum Gasteiger partial charge on any atom is -0.381 e. The highest BCUT2D eigenvalue weighted by atomic mass is 19.4. The monoisotopic (exact) mass is 235 g/mol. The molecule has 16 heavy (non-hydrogen) atoms. The number of halogens is 4. The predicted molar refractivity (Wildman–Crippen MR) is 55.1 cm³/mol. The molecule has 0 saturated heterocycles. The highest BCUT2D eigenvalue weighted by Gasteiger charge is 2.33. The van der Waals surface area contributed by atoms with E-state index in [1.54, 1.807) is 0 Å². The molecule has 1 rings (SSSR count). The Balaban J connectivity index is 2.88. The standard InChI is InChI=1S/C11H13F4N/c1-10(2,12)7-16-9-6-4-3-5-8(9)11(13,14)15/h3-6,16H,7H2,1-2H3. The van der Waals surface area contributed by atoms with Crippen molar-refractivity contribution in [3.63, 3.8) is 0 Å². The van der Waals surface area contributed by atoms with Gasteiger partial charge in [0.1, 0.15) is 5.67 Å². The average molecular weight is 235 g/mol. The topological polar surface area (TPSA) is 12.0 Å². The van der Waals surface area contributed by atoms with Gasteiger partial charge in [0.15, 0.2) is 0 Å². The van der Waals surface area contributed by atoms with Gasteiger partial charge in [-0.25, -0.2) is 4.39 Å². The second-order valence-corrected chi connectivity index (χ2v) is 4.12. The Labute approximate surface area is 91.5 Å². The molecule has 0 fully saturated rings. The van der Waals surface area contributed by atoms with Crippen LogP contribution in [0.2, 0.25) is 0 Å². The number of hydrogen-bond acceptors (Lipinski definition) is 1. The molecule has 0 aromatic heterocycles. The van der Waals surface area contributed by atoms with E-state index < -0.39 is 17.4 Å². The number of hydrogen-bond donors (Lipinski definition) is 1. The van der Waals surface area contributed by atoms with Gasteiger partial charge in [0.05, 0.1) is 5.56 Å². The minimum absolute atomic E-state index is 0.0966. The molecule has 0 amide bonds. The highest BCUT2D eigenvalue weighted by Crippen LogP contribution is 2.34. The fraction of sp³-hybridized carbons (Fsp3) is 0.455. The van der Waals surface area contributed by atoms with E-state index >= 15 is 0 Å². The molecule has 0 atom stereocenters. The number of alkyl halides is 4. The molecule has 0 aliphatic carbocycles. The van der Waals surface area contributed by atoms with Crippen molar-refractivity contribution in [2.75, 3.05) is 11.9 Å². The van der Waals surface area contributed by atoms with Crippen molar-refractivity contribution in [3.8, 4) is 0 Å². The summed E-state index contributed by atoms with van der Waals surface area (Å²) >= 11 is 0. The van der Waals surface area contributed by atoms with Gasteiger partial charge in [0.2, 0.25) is 0 Å². The lowest BCUT2D eigenvalue weighted by Gasteiger charge is -2.19. The molecular formula is C11H13F4N. The van der Waals surface area contributed by atoms with Crippen LogP contribution in [0.4, 0.5) is 23.2 Å². The van der Waals surface area contributed by atoms with Crippen molar-refractivity contribution >= 4 is 5.69 Å². The summed E-state index contributed by atoms with van der Waals surface area (Å²) in [5.74, 6) is 0. The van der Waals surface area contributed by atoms with Gasteiger partial charge >= 0.3 is 6.18 Å². The zero-order chi connectivity index (χ0) is 12.4. The lowest BCUT2D eigenvalue weighted by atomic mass is 10.1. The third-order valence-electron chi connectivity index (χ3n) is 1.93. The summed E-state index contributed by atoms with van der Waals surface area (Å²) < 4.78 is 50.8. The van der Waals surface area contributed by atoms with Crippen LogP contribution in [0.25, 0.3) is 0 Å². The Morgan fingerprint density at radius 2 is 1.62 bits per heavy atom. The Bertz CT molecular complexity index is 352. The van der Waals surface area contributed by atoms with E-state index in [0.29, 0.717) is 0 Å². The molecule has 0 heterocycles. The molecule has 1 N–H and O–H groups in total. The lowest BCUT2D eigenvalue weighted by Crippen LogP contribution is -2.25. The fourth-order valence-corrected chi connectivity index (χ4v) is 1.19. The highest BCUT2D eigenvalue weighted by molar-refractivity contribution is 5.52. The number of rotatable bonds is 3. The Morgan fingerprint density at radius 3 is 2.12 bits per heavy atom. The van der Waals surface area contributed by atoms with Crippen molar-refractivity contribution in [1.29, 1.82) is 0 Å². The van der Waals surface area contributed by atoms with Gasteiger partial charge in [-0.1, -0.05) is 12.1 Å². The second-order valence-electron chi connectivity index (χ2n) is 4.12. The molecule has 0 unspecified atom stereocenters. The molecule has 0 saturated carbocycles. The van der Waals surface area contributed by atoms with E-state index in [9.17, 15) is 17.6 Å². The average Bonchev–Trinajstić information content (AvgIpc) is 2.12. The van der Waals surface area contributed by atoms with E-state index in [-0.39, 0.29) is 12.2 Å². The van der Waals surface area contributed by atoms with Gasteiger partial charge in [-0.3, -0.25) is 0 Å². The van der Waals surface area contributed by atoms with Crippen LogP contribution in [-0.2, 0) is 6.18 Å². The van der Waals surface area contributed by atoms with E-state index in [4.69, 9.17) is 0 Å². The van der Waals surface area contributed by atoms with Gasteiger partial charge < -0.3 is 5.32 Å². The number of nitrogens with one attached hydrogen (secondary N) is 1. The lowest BCUT2D eigenvalue weighted by molar-refractivity contribution is -0.137. The molecule has 5 heteroatoms. The summed E-state index contributed by atoms with van der Waals surface area (Å²) in [7, 11) is 0. The quantitative estimate of drug-likeness (QED) is 0.784. The van der Waals surface area contributed by atoms with E-state index in [1.807, 2.05) is 0 Å². The third-order valence-corrected chi connectivity index (χ3v) is 1.93. The largest absolute Gasteiger partial charge is 0.418 e. The summed E-state index contributed by atoms with van der Waals surface area (Å²) in [6.45, 7) is 2.44. The molecule has 0 radical (unpaired) electrons. The summed E-state index contributed by atoms with van der Waals surface area (Å²) in [6.07, 6.45) is -4.43. The van der Waals surface area contributed by atoms with Crippen LogP contribution in [0, 0.1) is 0 Å². The Hall–Kier alpha value is -1.26. The molecule has 90 valence electrons. The van der Waals surface area contributed by atoms with Gasteiger partial charge in [-0.2, -0.15) is 13.2 Å². The van der Waals surface area contributed by atoms with Crippen molar-refractivity contribution in [2.24, 2.45) is 0 Å². The van der Waals surface area contributed by atoms with Crippen molar-refractivity contribution in [3.05, 3.63) is 29.8 Å². The molecule has 1 nitrogen and oxygen atoms in total. The molecule has 0 bridgehead atoms. The SMILES string of the molecule is CC(C)(F)CNc1ccccc1C(F)(F)F. The van der Waals surface area contributed by atoms with Crippen LogP contribution in [0.5, 0.6) is 0 Å². The number of benzene rings is 1. The van der Waals surface area contributed by atoms with Crippen LogP contribution in [-0.4, -0.2) is 12.2 Å². The first-order valence-electron chi connectivity index (χ1n) is 4.79. The Morgan fingerprint density at radius 1 is 1.06 bits per heavy atom. The number of anilines is 1. The first-order valence-corrected chi connectivity index (χ1v) is 4.79. The summed E-state index contributed by atoms with van der Waals surface area (Å²) in [6, 6.07) is 5.03. The Kier molecular flexibility index (Phi) is 3.45. The van der Waals surface area contributed by atoms with Crippen LogP contribution in [0.1, 0.15) is 19.4 Å². The zero-order valence-corrected chi connectivity index (χ0v) is 9.03. The van der Waals surface area contributed by atoms with Gasteiger partial charge in [-0.15, -0.1) is 0 Å². The van der Waals surface area contributed by atoms with Gasteiger partial charge in [0, 0.05) is 12.2 Å². The summed E-state index contributed by atoms with van der Waals surface area (Å²) in [4.78, 5) is 0. The normalized spacial score (nSPS) is 12.6. The molecular weight excluding hydrogens is 222 g/mol. The van der Waals surface area contributed by atoms with Crippen molar-refractivity contribution in [2.45, 2.75) is 25.7 Å². The van der Waals surface area contributed by atoms with Crippen LogP contribution in [0.3, 0.4) is 0 Å². The maximum absolute atomic E-state index is 13.2. The second kappa shape index (κ2) is 4.31. The van der Waals surface area contributed by atoms with Gasteiger partial charge in [0.25, 0.3) is 0 Å². The van der Waals surface area contributed by atoms with E-state index in [0.717, 1.165) is 6.07 Å². The zero-order valence-electron chi connectivity index (χ0n) is 9.03. The van der Waals surface area contributed by atoms with E-state index in [1.165, 1.54) is 32.0 Å². The fourth-order valence-electron chi connectivity index (χ4n) is 1.19. The molecule has 0 aliphatic rings. The molecule has 0 spiro atoms. The van der Waals surface area contributed by atoms with Crippen LogP contribution in [0.15, 0.2) is 24.3 Å². The summed E-state index contributed by atoms with van der Waals surface area (Å²) in [5.41, 5.74) is -2.43. The first kappa shape index (κ1) is 12.8. The molecule has 0 aliphatic heterocycles. The first-order chi connectivity index (χ1) is 7.20. The van der Waals surface area contributed by atoms with Crippen molar-refractivity contribution < 1.29 is 17.6 Å². The third kappa shape index (κ3) is 3.72. The summed E-state index contributed by atoms with van der Waals surface area (Å²) in [5, 5.41) is 2.46. The maximum atomic E-state index is 13.2. The van der Waals surface area contributed by atoms with E-state index in [2.05, 4.69) is 5.32 Å². The van der Waals surface area contributed by atoms with Crippen molar-refractivity contribution in [1.82, 2.24) is 0 Å². The minimum atomic E-state index is -4.43.